The van der Waals surface area contributed by atoms with Crippen molar-refractivity contribution in [3.8, 4) is 5.69 Å². The maximum Gasteiger partial charge on any atom is 0.344 e. The first-order chi connectivity index (χ1) is 13.8. The molecule has 3 aromatic carbocycles. The van der Waals surface area contributed by atoms with E-state index in [2.05, 4.69) is 39.9 Å². The Morgan fingerprint density at radius 2 is 1.54 bits per heavy atom. The standard InChI is InChI=1S/C24H14N2O2/c27-24-19-14-21-17(13-18(19)23-22(28-24)11-6-12-25-23)16-9-4-5-10-20(16)26(21)15-7-2-1-3-8-15/h1-14H. The molecule has 0 atom stereocenters. The van der Waals surface area contributed by atoms with Crippen molar-refractivity contribution >= 4 is 43.7 Å². The Bertz CT molecular complexity index is 1580. The van der Waals surface area contributed by atoms with Gasteiger partial charge in [-0.3, -0.25) is 4.98 Å². The quantitative estimate of drug-likeness (QED) is 0.366. The van der Waals surface area contributed by atoms with Gasteiger partial charge in [0.15, 0.2) is 5.58 Å². The van der Waals surface area contributed by atoms with Crippen molar-refractivity contribution in [2.45, 2.75) is 0 Å². The second-order valence-corrected chi connectivity index (χ2v) is 6.84. The summed E-state index contributed by atoms with van der Waals surface area (Å²) in [6, 6.07) is 26.0. The first kappa shape index (κ1) is 15.2. The van der Waals surface area contributed by atoms with Crippen molar-refractivity contribution in [2.24, 2.45) is 0 Å². The Labute approximate surface area is 159 Å². The number of aromatic nitrogens is 2. The summed E-state index contributed by atoms with van der Waals surface area (Å²) in [5.41, 5.74) is 3.99. The summed E-state index contributed by atoms with van der Waals surface area (Å²) in [7, 11) is 0. The average molecular weight is 362 g/mol. The van der Waals surface area contributed by atoms with Crippen LogP contribution >= 0.6 is 0 Å². The predicted molar refractivity (Wildman–Crippen MR) is 112 cm³/mol. The molecule has 6 rings (SSSR count). The number of benzene rings is 3. The highest BCUT2D eigenvalue weighted by Gasteiger charge is 2.16. The van der Waals surface area contributed by atoms with Gasteiger partial charge in [0.05, 0.1) is 16.4 Å². The second kappa shape index (κ2) is 5.54. The SMILES string of the molecule is O=c1oc2cccnc2c2cc3c4ccccc4n(-c4ccccc4)c3cc12. The number of nitrogens with zero attached hydrogens (tertiary/aromatic N) is 2. The molecule has 0 aliphatic carbocycles. The highest BCUT2D eigenvalue weighted by Crippen LogP contribution is 2.35. The van der Waals surface area contributed by atoms with Crippen LogP contribution in [0.1, 0.15) is 0 Å². The van der Waals surface area contributed by atoms with Crippen molar-refractivity contribution in [3.63, 3.8) is 0 Å². The van der Waals surface area contributed by atoms with E-state index in [1.165, 1.54) is 0 Å². The zero-order chi connectivity index (χ0) is 18.7. The van der Waals surface area contributed by atoms with Crippen LogP contribution in [0.3, 0.4) is 0 Å². The van der Waals surface area contributed by atoms with Crippen LogP contribution in [0.4, 0.5) is 0 Å². The molecule has 0 unspecified atom stereocenters. The lowest BCUT2D eigenvalue weighted by molar-refractivity contribution is 0.568. The molecule has 0 radical (unpaired) electrons. The molecule has 0 spiro atoms. The zero-order valence-corrected chi connectivity index (χ0v) is 14.8. The van der Waals surface area contributed by atoms with Gasteiger partial charge in [0.1, 0.15) is 5.52 Å². The lowest BCUT2D eigenvalue weighted by Gasteiger charge is -2.08. The molecular formula is C24H14N2O2. The van der Waals surface area contributed by atoms with Gasteiger partial charge < -0.3 is 8.98 Å². The molecule has 132 valence electrons. The highest BCUT2D eigenvalue weighted by molar-refractivity contribution is 6.16. The second-order valence-electron chi connectivity index (χ2n) is 6.84. The largest absolute Gasteiger partial charge is 0.421 e. The molecule has 0 bridgehead atoms. The summed E-state index contributed by atoms with van der Waals surface area (Å²) in [6.45, 7) is 0. The smallest absolute Gasteiger partial charge is 0.344 e. The van der Waals surface area contributed by atoms with Crippen LogP contribution in [0.25, 0.3) is 49.4 Å². The third-order valence-corrected chi connectivity index (χ3v) is 5.27. The third-order valence-electron chi connectivity index (χ3n) is 5.27. The van der Waals surface area contributed by atoms with E-state index in [0.717, 1.165) is 32.9 Å². The minimum absolute atomic E-state index is 0.345. The molecule has 0 amide bonds. The highest BCUT2D eigenvalue weighted by atomic mass is 16.4. The molecule has 3 aromatic heterocycles. The van der Waals surface area contributed by atoms with Crippen LogP contribution in [0.2, 0.25) is 0 Å². The molecule has 28 heavy (non-hydrogen) atoms. The summed E-state index contributed by atoms with van der Waals surface area (Å²) in [4.78, 5) is 17.2. The molecular weight excluding hydrogens is 348 g/mol. The normalized spacial score (nSPS) is 11.7. The number of para-hydroxylation sites is 2. The Hall–Kier alpha value is -3.92. The Morgan fingerprint density at radius 1 is 0.714 bits per heavy atom. The van der Waals surface area contributed by atoms with Gasteiger partial charge in [-0.05, 0) is 42.5 Å². The number of hydrogen-bond donors (Lipinski definition) is 0. The molecule has 0 N–H and O–H groups in total. The predicted octanol–water partition coefficient (Wildman–Crippen LogP) is 5.44. The topological polar surface area (TPSA) is 48.0 Å². The Balaban J connectivity index is 1.88. The van der Waals surface area contributed by atoms with Gasteiger partial charge in [0.2, 0.25) is 0 Å². The van der Waals surface area contributed by atoms with Crippen molar-refractivity contribution in [1.82, 2.24) is 9.55 Å². The third kappa shape index (κ3) is 2.00. The summed E-state index contributed by atoms with van der Waals surface area (Å²) in [5, 5.41) is 3.58. The van der Waals surface area contributed by atoms with Crippen molar-refractivity contribution in [3.05, 3.63) is 95.5 Å². The minimum atomic E-state index is -0.345. The minimum Gasteiger partial charge on any atom is -0.421 e. The van der Waals surface area contributed by atoms with E-state index in [1.807, 2.05) is 36.4 Å². The zero-order valence-electron chi connectivity index (χ0n) is 14.8. The molecule has 0 fully saturated rings. The molecule has 4 nitrogen and oxygen atoms in total. The van der Waals surface area contributed by atoms with E-state index in [-0.39, 0.29) is 5.63 Å². The first-order valence-electron chi connectivity index (χ1n) is 9.11. The summed E-state index contributed by atoms with van der Waals surface area (Å²) >= 11 is 0. The number of hydrogen-bond acceptors (Lipinski definition) is 3. The molecule has 3 heterocycles. The number of fused-ring (bicyclic) bond motifs is 6. The van der Waals surface area contributed by atoms with Gasteiger partial charge in [0, 0.05) is 28.0 Å². The van der Waals surface area contributed by atoms with E-state index in [0.29, 0.717) is 16.5 Å². The fraction of sp³-hybridized carbons (Fsp3) is 0. The van der Waals surface area contributed by atoms with Gasteiger partial charge in [-0.25, -0.2) is 4.79 Å². The van der Waals surface area contributed by atoms with Crippen molar-refractivity contribution in [1.29, 1.82) is 0 Å². The van der Waals surface area contributed by atoms with Crippen molar-refractivity contribution < 1.29 is 4.42 Å². The van der Waals surface area contributed by atoms with Crippen LogP contribution in [-0.4, -0.2) is 9.55 Å². The van der Waals surface area contributed by atoms with Crippen LogP contribution in [0, 0.1) is 0 Å². The van der Waals surface area contributed by atoms with Crippen LogP contribution in [-0.2, 0) is 0 Å². The van der Waals surface area contributed by atoms with Crippen LogP contribution in [0.15, 0.2) is 94.3 Å². The van der Waals surface area contributed by atoms with Gasteiger partial charge >= 0.3 is 5.63 Å². The Kier molecular flexibility index (Phi) is 3.00. The fourth-order valence-corrected chi connectivity index (χ4v) is 4.07. The summed E-state index contributed by atoms with van der Waals surface area (Å²) < 4.78 is 7.70. The van der Waals surface area contributed by atoms with Gasteiger partial charge in [-0.15, -0.1) is 0 Å². The average Bonchev–Trinajstić information content (AvgIpc) is 3.07. The molecule has 4 heteroatoms. The number of rotatable bonds is 1. The Morgan fingerprint density at radius 3 is 2.43 bits per heavy atom. The van der Waals surface area contributed by atoms with E-state index in [1.54, 1.807) is 18.3 Å². The van der Waals surface area contributed by atoms with Crippen LogP contribution in [0.5, 0.6) is 0 Å². The van der Waals surface area contributed by atoms with Gasteiger partial charge in [-0.1, -0.05) is 36.4 Å². The lowest BCUT2D eigenvalue weighted by Crippen LogP contribution is -2.01. The lowest BCUT2D eigenvalue weighted by atomic mass is 10.1. The van der Waals surface area contributed by atoms with E-state index < -0.39 is 0 Å². The fourth-order valence-electron chi connectivity index (χ4n) is 4.07. The maximum atomic E-state index is 12.7. The summed E-state index contributed by atoms with van der Waals surface area (Å²) in [5.74, 6) is 0. The van der Waals surface area contributed by atoms with E-state index in [4.69, 9.17) is 4.42 Å². The molecule has 0 aliphatic rings. The first-order valence-corrected chi connectivity index (χ1v) is 9.11. The molecule has 0 aliphatic heterocycles. The number of pyridine rings is 1. The van der Waals surface area contributed by atoms with Crippen molar-refractivity contribution in [2.75, 3.05) is 0 Å². The van der Waals surface area contributed by atoms with Gasteiger partial charge in [0.25, 0.3) is 0 Å². The molecule has 0 saturated carbocycles. The van der Waals surface area contributed by atoms with Crippen LogP contribution < -0.4 is 5.63 Å². The summed E-state index contributed by atoms with van der Waals surface area (Å²) in [6.07, 6.45) is 1.72. The molecule has 6 aromatic rings. The monoisotopic (exact) mass is 362 g/mol. The van der Waals surface area contributed by atoms with E-state index >= 15 is 0 Å². The maximum absolute atomic E-state index is 12.7. The molecule has 0 saturated heterocycles. The van der Waals surface area contributed by atoms with E-state index in [9.17, 15) is 4.79 Å². The van der Waals surface area contributed by atoms with Gasteiger partial charge in [-0.2, -0.15) is 0 Å².